The van der Waals surface area contributed by atoms with Crippen LogP contribution in [0.3, 0.4) is 0 Å². The third kappa shape index (κ3) is 10.1. The molecule has 0 saturated heterocycles. The fraction of sp³-hybridized carbons (Fsp3) is 0.944. The molecule has 1 aliphatic carbocycles. The normalized spacial score (nSPS) is 16.1. The van der Waals surface area contributed by atoms with E-state index in [9.17, 15) is 0 Å². The highest BCUT2D eigenvalue weighted by molar-refractivity contribution is 5.79. The van der Waals surface area contributed by atoms with Crippen LogP contribution in [-0.2, 0) is 9.47 Å². The quantitative estimate of drug-likeness (QED) is 0.304. The molecule has 0 amide bonds. The van der Waals surface area contributed by atoms with Gasteiger partial charge in [-0.3, -0.25) is 4.99 Å². The van der Waals surface area contributed by atoms with Crippen LogP contribution < -0.4 is 10.6 Å². The van der Waals surface area contributed by atoms with E-state index >= 15 is 0 Å². The van der Waals surface area contributed by atoms with E-state index in [0.29, 0.717) is 19.8 Å². The van der Waals surface area contributed by atoms with Crippen LogP contribution in [0.15, 0.2) is 4.99 Å². The lowest BCUT2D eigenvalue weighted by Gasteiger charge is -2.24. The molecule has 0 unspecified atom stereocenters. The number of nitrogens with zero attached hydrogens (tertiary/aromatic N) is 2. The Morgan fingerprint density at radius 3 is 2.38 bits per heavy atom. The Hall–Kier alpha value is -0.850. The summed E-state index contributed by atoms with van der Waals surface area (Å²) in [7, 11) is 4.03. The number of likely N-dealkylation sites (N-methyl/N-ethyl adjacent to an activating group) is 1. The zero-order chi connectivity index (χ0) is 17.5. The van der Waals surface area contributed by atoms with Gasteiger partial charge >= 0.3 is 0 Å². The van der Waals surface area contributed by atoms with Crippen LogP contribution in [0.2, 0.25) is 0 Å². The largest absolute Gasteiger partial charge is 0.379 e. The smallest absolute Gasteiger partial charge is 0.191 e. The van der Waals surface area contributed by atoms with Gasteiger partial charge in [0, 0.05) is 39.3 Å². The summed E-state index contributed by atoms with van der Waals surface area (Å²) in [6, 6.07) is 0.773. The highest BCUT2D eigenvalue weighted by Gasteiger charge is 2.18. The molecule has 1 aliphatic rings. The molecule has 0 aromatic rings. The number of nitrogens with one attached hydrogen (secondary N) is 2. The van der Waals surface area contributed by atoms with Gasteiger partial charge in [-0.1, -0.05) is 26.2 Å². The Balaban J connectivity index is 1.94. The van der Waals surface area contributed by atoms with E-state index in [1.165, 1.54) is 32.1 Å². The molecule has 6 heteroatoms. The molecular weight excluding hydrogens is 304 g/mol. The first-order valence-electron chi connectivity index (χ1n) is 9.58. The van der Waals surface area contributed by atoms with Crippen molar-refractivity contribution in [2.75, 3.05) is 60.2 Å². The summed E-state index contributed by atoms with van der Waals surface area (Å²) >= 11 is 0. The van der Waals surface area contributed by atoms with Gasteiger partial charge in [-0.25, -0.2) is 0 Å². The zero-order valence-electron chi connectivity index (χ0n) is 16.0. The van der Waals surface area contributed by atoms with Crippen molar-refractivity contribution in [1.82, 2.24) is 15.5 Å². The summed E-state index contributed by atoms with van der Waals surface area (Å²) in [4.78, 5) is 6.71. The Bertz CT molecular complexity index is 320. The topological polar surface area (TPSA) is 58.1 Å². The van der Waals surface area contributed by atoms with Crippen LogP contribution >= 0.6 is 0 Å². The van der Waals surface area contributed by atoms with E-state index in [2.05, 4.69) is 34.5 Å². The summed E-state index contributed by atoms with van der Waals surface area (Å²) in [6.07, 6.45) is 7.77. The van der Waals surface area contributed by atoms with Crippen LogP contribution in [0.1, 0.15) is 45.4 Å². The minimum Gasteiger partial charge on any atom is -0.379 e. The minimum absolute atomic E-state index is 0.656. The molecule has 0 heterocycles. The van der Waals surface area contributed by atoms with Gasteiger partial charge in [0.15, 0.2) is 5.96 Å². The number of hydrogen-bond donors (Lipinski definition) is 2. The number of ether oxygens (including phenoxy) is 2. The van der Waals surface area contributed by atoms with Crippen molar-refractivity contribution in [3.8, 4) is 0 Å². The van der Waals surface area contributed by atoms with Crippen LogP contribution in [0, 0.1) is 0 Å². The SMILES string of the molecule is CCCCOCCOCCNC(=NC)NCCN(C)C1CCCC1. The number of hydrogen-bond acceptors (Lipinski definition) is 4. The predicted octanol–water partition coefficient (Wildman–Crippen LogP) is 1.86. The average Bonchev–Trinajstić information content (AvgIpc) is 3.13. The third-order valence-corrected chi connectivity index (χ3v) is 4.48. The van der Waals surface area contributed by atoms with Crippen molar-refractivity contribution in [2.45, 2.75) is 51.5 Å². The van der Waals surface area contributed by atoms with Crippen LogP contribution in [0.4, 0.5) is 0 Å². The maximum Gasteiger partial charge on any atom is 0.191 e. The van der Waals surface area contributed by atoms with Gasteiger partial charge in [-0.15, -0.1) is 0 Å². The Morgan fingerprint density at radius 2 is 1.71 bits per heavy atom. The lowest BCUT2D eigenvalue weighted by atomic mass is 10.2. The first kappa shape index (κ1) is 21.2. The molecule has 6 nitrogen and oxygen atoms in total. The summed E-state index contributed by atoms with van der Waals surface area (Å²) < 4.78 is 11.0. The van der Waals surface area contributed by atoms with Crippen molar-refractivity contribution >= 4 is 5.96 Å². The standard InChI is InChI=1S/C18H38N4O2/c1-4-5-13-23-15-16-24-14-11-21-18(19-2)20-10-12-22(3)17-8-6-7-9-17/h17H,4-16H2,1-3H3,(H2,19,20,21). The van der Waals surface area contributed by atoms with Gasteiger partial charge in [0.2, 0.25) is 0 Å². The summed E-state index contributed by atoms with van der Waals surface area (Å²) in [6.45, 7) is 7.73. The number of aliphatic imine (C=N–C) groups is 1. The lowest BCUT2D eigenvalue weighted by Crippen LogP contribution is -2.43. The highest BCUT2D eigenvalue weighted by atomic mass is 16.5. The first-order valence-corrected chi connectivity index (χ1v) is 9.58. The minimum atomic E-state index is 0.656. The van der Waals surface area contributed by atoms with E-state index in [1.807, 2.05) is 0 Å². The lowest BCUT2D eigenvalue weighted by molar-refractivity contribution is 0.0487. The van der Waals surface area contributed by atoms with Crippen molar-refractivity contribution in [2.24, 2.45) is 4.99 Å². The number of guanidine groups is 1. The number of rotatable bonds is 13. The molecule has 1 saturated carbocycles. The van der Waals surface area contributed by atoms with E-state index in [-0.39, 0.29) is 0 Å². The van der Waals surface area contributed by atoms with Gasteiger partial charge in [0.1, 0.15) is 0 Å². The molecule has 142 valence electrons. The van der Waals surface area contributed by atoms with E-state index in [0.717, 1.165) is 44.7 Å². The maximum atomic E-state index is 5.54. The average molecular weight is 343 g/mol. The second-order valence-electron chi connectivity index (χ2n) is 6.42. The molecule has 24 heavy (non-hydrogen) atoms. The van der Waals surface area contributed by atoms with Crippen LogP contribution in [0.25, 0.3) is 0 Å². The molecule has 0 bridgehead atoms. The molecule has 0 aromatic carbocycles. The van der Waals surface area contributed by atoms with Crippen molar-refractivity contribution < 1.29 is 9.47 Å². The summed E-state index contributed by atoms with van der Waals surface area (Å²) in [5.74, 6) is 0.845. The molecule has 0 radical (unpaired) electrons. The Kier molecular flexibility index (Phi) is 12.8. The van der Waals surface area contributed by atoms with E-state index in [1.54, 1.807) is 7.05 Å². The fourth-order valence-electron chi connectivity index (χ4n) is 2.91. The van der Waals surface area contributed by atoms with Gasteiger partial charge in [-0.2, -0.15) is 0 Å². The Labute approximate surface area is 148 Å². The second-order valence-corrected chi connectivity index (χ2v) is 6.42. The van der Waals surface area contributed by atoms with E-state index < -0.39 is 0 Å². The molecule has 1 rings (SSSR count). The molecule has 0 aromatic heterocycles. The third-order valence-electron chi connectivity index (χ3n) is 4.48. The van der Waals surface area contributed by atoms with Crippen molar-refractivity contribution in [3.05, 3.63) is 0 Å². The molecule has 0 atom stereocenters. The second kappa shape index (κ2) is 14.5. The van der Waals surface area contributed by atoms with Crippen LogP contribution in [0.5, 0.6) is 0 Å². The van der Waals surface area contributed by atoms with Crippen molar-refractivity contribution in [3.63, 3.8) is 0 Å². The maximum absolute atomic E-state index is 5.54. The van der Waals surface area contributed by atoms with E-state index in [4.69, 9.17) is 9.47 Å². The fourth-order valence-corrected chi connectivity index (χ4v) is 2.91. The zero-order valence-corrected chi connectivity index (χ0v) is 16.0. The van der Waals surface area contributed by atoms with Gasteiger partial charge in [0.25, 0.3) is 0 Å². The Morgan fingerprint density at radius 1 is 1.04 bits per heavy atom. The van der Waals surface area contributed by atoms with Gasteiger partial charge < -0.3 is 25.0 Å². The molecule has 2 N–H and O–H groups in total. The first-order chi connectivity index (χ1) is 11.8. The van der Waals surface area contributed by atoms with Crippen LogP contribution in [-0.4, -0.2) is 77.1 Å². The molecular formula is C18H38N4O2. The summed E-state index contributed by atoms with van der Waals surface area (Å²) in [5, 5.41) is 6.64. The van der Waals surface area contributed by atoms with Gasteiger partial charge in [-0.05, 0) is 26.3 Å². The monoisotopic (exact) mass is 342 g/mol. The predicted molar refractivity (Wildman–Crippen MR) is 101 cm³/mol. The highest BCUT2D eigenvalue weighted by Crippen LogP contribution is 2.21. The van der Waals surface area contributed by atoms with Gasteiger partial charge in [0.05, 0.1) is 19.8 Å². The number of unbranched alkanes of at least 4 members (excludes halogenated alkanes) is 1. The molecule has 1 fully saturated rings. The summed E-state index contributed by atoms with van der Waals surface area (Å²) in [5.41, 5.74) is 0. The molecule has 0 aliphatic heterocycles. The molecule has 0 spiro atoms. The van der Waals surface area contributed by atoms with Crippen molar-refractivity contribution in [1.29, 1.82) is 0 Å².